The van der Waals surface area contributed by atoms with Crippen molar-refractivity contribution in [3.8, 4) is 5.75 Å². The van der Waals surface area contributed by atoms with Crippen LogP contribution in [0.5, 0.6) is 5.75 Å². The molecule has 2 N–H and O–H groups in total. The summed E-state index contributed by atoms with van der Waals surface area (Å²) >= 11 is 0. The fraction of sp³-hybridized carbons (Fsp3) is 0.211. The number of carbonyl (C=O) groups is 1. The average Bonchev–Trinajstić information content (AvgIpc) is 3.05. The van der Waals surface area contributed by atoms with Gasteiger partial charge in [0.25, 0.3) is 0 Å². The van der Waals surface area contributed by atoms with Crippen molar-refractivity contribution in [1.82, 2.24) is 4.98 Å². The zero-order valence-corrected chi connectivity index (χ0v) is 13.6. The minimum absolute atomic E-state index is 0.185. The van der Waals surface area contributed by atoms with Gasteiger partial charge in [-0.1, -0.05) is 30.3 Å². The van der Waals surface area contributed by atoms with Crippen LogP contribution < -0.4 is 4.74 Å². The summed E-state index contributed by atoms with van der Waals surface area (Å²) in [5.74, 6) is -0.0109. The highest BCUT2D eigenvalue weighted by molar-refractivity contribution is 5.94. The number of esters is 1. The Bertz CT molecular complexity index is 856. The topological polar surface area (TPSA) is 71.5 Å². The zero-order valence-electron chi connectivity index (χ0n) is 13.6. The Balaban J connectivity index is 2.21. The van der Waals surface area contributed by atoms with Gasteiger partial charge in [0.05, 0.1) is 13.7 Å². The van der Waals surface area contributed by atoms with E-state index in [1.807, 2.05) is 18.2 Å². The second kappa shape index (κ2) is 6.37. The summed E-state index contributed by atoms with van der Waals surface area (Å²) in [5.41, 5.74) is -0.211. The summed E-state index contributed by atoms with van der Waals surface area (Å²) in [4.78, 5) is 15.7. The van der Waals surface area contributed by atoms with E-state index in [0.29, 0.717) is 16.9 Å². The van der Waals surface area contributed by atoms with Crippen LogP contribution in [0.2, 0.25) is 0 Å². The molecule has 124 valence electrons. The second-order valence-corrected chi connectivity index (χ2v) is 5.41. The normalized spacial score (nSPS) is 13.5. The van der Waals surface area contributed by atoms with E-state index >= 15 is 0 Å². The number of aromatic amines is 1. The molecule has 0 fully saturated rings. The van der Waals surface area contributed by atoms with E-state index in [1.54, 1.807) is 50.6 Å². The SMILES string of the molecule is CCOC(=O)C(O)(c1ccccc1)c1c[nH]c2cc(OC)ccc12. The van der Waals surface area contributed by atoms with Crippen molar-refractivity contribution in [1.29, 1.82) is 0 Å². The van der Waals surface area contributed by atoms with Crippen molar-refractivity contribution in [3.05, 3.63) is 65.9 Å². The minimum atomic E-state index is -1.88. The first-order valence-electron chi connectivity index (χ1n) is 7.72. The summed E-state index contributed by atoms with van der Waals surface area (Å²) in [6.45, 7) is 1.90. The number of rotatable bonds is 5. The molecule has 1 atom stereocenters. The van der Waals surface area contributed by atoms with E-state index in [0.717, 1.165) is 10.9 Å². The Kier molecular flexibility index (Phi) is 4.27. The fourth-order valence-corrected chi connectivity index (χ4v) is 2.83. The standard InChI is InChI=1S/C19H19NO4/c1-3-24-18(21)19(22,13-7-5-4-6-8-13)16-12-20-17-11-14(23-2)9-10-15(16)17/h4-12,20,22H,3H2,1-2H3. The lowest BCUT2D eigenvalue weighted by atomic mass is 9.86. The molecule has 3 aromatic rings. The van der Waals surface area contributed by atoms with E-state index in [9.17, 15) is 9.90 Å². The predicted molar refractivity (Wildman–Crippen MR) is 90.9 cm³/mol. The van der Waals surface area contributed by atoms with Crippen molar-refractivity contribution >= 4 is 16.9 Å². The molecule has 1 unspecified atom stereocenters. The molecule has 1 heterocycles. The van der Waals surface area contributed by atoms with Gasteiger partial charge in [-0.3, -0.25) is 0 Å². The second-order valence-electron chi connectivity index (χ2n) is 5.41. The van der Waals surface area contributed by atoms with Gasteiger partial charge in [-0.15, -0.1) is 0 Å². The number of nitrogens with one attached hydrogen (secondary N) is 1. The third-order valence-corrected chi connectivity index (χ3v) is 4.04. The van der Waals surface area contributed by atoms with Gasteiger partial charge in [0.2, 0.25) is 5.60 Å². The van der Waals surface area contributed by atoms with Crippen molar-refractivity contribution in [2.24, 2.45) is 0 Å². The van der Waals surface area contributed by atoms with E-state index in [1.165, 1.54) is 0 Å². The summed E-state index contributed by atoms with van der Waals surface area (Å²) in [6.07, 6.45) is 1.63. The number of ether oxygens (including phenoxy) is 2. The maximum absolute atomic E-state index is 12.6. The number of benzene rings is 2. The van der Waals surface area contributed by atoms with Crippen LogP contribution in [0, 0.1) is 0 Å². The van der Waals surface area contributed by atoms with Gasteiger partial charge in [0, 0.05) is 28.7 Å². The molecular formula is C19H19NO4. The lowest BCUT2D eigenvalue weighted by Gasteiger charge is -2.26. The first-order chi connectivity index (χ1) is 11.6. The van der Waals surface area contributed by atoms with Gasteiger partial charge in [0.15, 0.2) is 0 Å². The van der Waals surface area contributed by atoms with Gasteiger partial charge in [-0.05, 0) is 24.6 Å². The Morgan fingerprint density at radius 1 is 1.21 bits per heavy atom. The smallest absolute Gasteiger partial charge is 0.347 e. The number of aromatic nitrogens is 1. The molecule has 0 aliphatic rings. The summed E-state index contributed by atoms with van der Waals surface area (Å²) < 4.78 is 10.4. The molecule has 2 aromatic carbocycles. The van der Waals surface area contributed by atoms with Crippen LogP contribution >= 0.6 is 0 Å². The third kappa shape index (κ3) is 2.53. The number of aliphatic hydroxyl groups is 1. The van der Waals surface area contributed by atoms with Crippen LogP contribution in [0.1, 0.15) is 18.1 Å². The molecule has 3 rings (SSSR count). The monoisotopic (exact) mass is 325 g/mol. The molecule has 1 aromatic heterocycles. The molecule has 0 bridgehead atoms. The largest absolute Gasteiger partial charge is 0.497 e. The van der Waals surface area contributed by atoms with Crippen molar-refractivity contribution in [3.63, 3.8) is 0 Å². The Hall–Kier alpha value is -2.79. The molecule has 24 heavy (non-hydrogen) atoms. The van der Waals surface area contributed by atoms with Crippen LogP contribution in [-0.2, 0) is 15.1 Å². The highest BCUT2D eigenvalue weighted by atomic mass is 16.5. The van der Waals surface area contributed by atoms with Crippen molar-refractivity contribution in [2.45, 2.75) is 12.5 Å². The summed E-state index contributed by atoms with van der Waals surface area (Å²) in [7, 11) is 1.59. The number of methoxy groups -OCH3 is 1. The quantitative estimate of drug-likeness (QED) is 0.708. The van der Waals surface area contributed by atoms with Crippen LogP contribution in [-0.4, -0.2) is 29.8 Å². The highest BCUT2D eigenvalue weighted by Gasteiger charge is 2.43. The highest BCUT2D eigenvalue weighted by Crippen LogP contribution is 2.36. The predicted octanol–water partition coefficient (Wildman–Crippen LogP) is 2.98. The average molecular weight is 325 g/mol. The molecule has 5 heteroatoms. The number of fused-ring (bicyclic) bond motifs is 1. The van der Waals surface area contributed by atoms with Crippen LogP contribution in [0.3, 0.4) is 0 Å². The molecular weight excluding hydrogens is 306 g/mol. The summed E-state index contributed by atoms with van der Waals surface area (Å²) in [5, 5.41) is 12.1. The fourth-order valence-electron chi connectivity index (χ4n) is 2.83. The van der Waals surface area contributed by atoms with Gasteiger partial charge >= 0.3 is 5.97 Å². The van der Waals surface area contributed by atoms with Crippen LogP contribution in [0.25, 0.3) is 10.9 Å². The van der Waals surface area contributed by atoms with E-state index in [2.05, 4.69) is 4.98 Å². The number of carbonyl (C=O) groups excluding carboxylic acids is 1. The molecule has 0 radical (unpaired) electrons. The maximum Gasteiger partial charge on any atom is 0.347 e. The van der Waals surface area contributed by atoms with Crippen molar-refractivity contribution in [2.75, 3.05) is 13.7 Å². The lowest BCUT2D eigenvalue weighted by Crippen LogP contribution is -2.38. The van der Waals surface area contributed by atoms with Gasteiger partial charge in [-0.25, -0.2) is 4.79 Å². The molecule has 0 aliphatic heterocycles. The first-order valence-corrected chi connectivity index (χ1v) is 7.72. The number of hydrogen-bond acceptors (Lipinski definition) is 4. The van der Waals surface area contributed by atoms with E-state index in [-0.39, 0.29) is 6.61 Å². The molecule has 0 aliphatic carbocycles. The first kappa shape index (κ1) is 16.1. The maximum atomic E-state index is 12.6. The number of hydrogen-bond donors (Lipinski definition) is 2. The minimum Gasteiger partial charge on any atom is -0.497 e. The van der Waals surface area contributed by atoms with Crippen LogP contribution in [0.4, 0.5) is 0 Å². The number of H-pyrrole nitrogens is 1. The molecule has 0 spiro atoms. The van der Waals surface area contributed by atoms with E-state index < -0.39 is 11.6 Å². The Morgan fingerprint density at radius 3 is 2.62 bits per heavy atom. The van der Waals surface area contributed by atoms with Gasteiger partial charge in [0.1, 0.15) is 5.75 Å². The third-order valence-electron chi connectivity index (χ3n) is 4.04. The molecule has 0 saturated heterocycles. The summed E-state index contributed by atoms with van der Waals surface area (Å²) in [6, 6.07) is 14.2. The zero-order chi connectivity index (χ0) is 17.2. The molecule has 0 saturated carbocycles. The van der Waals surface area contributed by atoms with Crippen LogP contribution in [0.15, 0.2) is 54.7 Å². The lowest BCUT2D eigenvalue weighted by molar-refractivity contribution is -0.161. The van der Waals surface area contributed by atoms with Gasteiger partial charge in [-0.2, -0.15) is 0 Å². The Morgan fingerprint density at radius 2 is 1.96 bits per heavy atom. The Labute approximate surface area is 139 Å². The van der Waals surface area contributed by atoms with Gasteiger partial charge < -0.3 is 19.6 Å². The molecule has 0 amide bonds. The van der Waals surface area contributed by atoms with E-state index in [4.69, 9.17) is 9.47 Å². The molecule has 5 nitrogen and oxygen atoms in total. The van der Waals surface area contributed by atoms with Crippen molar-refractivity contribution < 1.29 is 19.4 Å².